The van der Waals surface area contributed by atoms with Gasteiger partial charge in [-0.05, 0) is 58.2 Å². The van der Waals surface area contributed by atoms with Crippen LogP contribution in [-0.2, 0) is 14.8 Å². The normalized spacial score (nSPS) is 17.3. The Morgan fingerprint density at radius 1 is 1.25 bits per heavy atom. The number of fused-ring (bicyclic) bond motifs is 1. The Balaban J connectivity index is 1.71. The molecule has 32 heavy (non-hydrogen) atoms. The predicted molar refractivity (Wildman–Crippen MR) is 122 cm³/mol. The molecule has 4 rings (SSSR count). The first-order chi connectivity index (χ1) is 15.1. The van der Waals surface area contributed by atoms with Crippen LogP contribution in [0.25, 0.3) is 10.9 Å². The number of sulfonamides is 1. The fourth-order valence-electron chi connectivity index (χ4n) is 3.95. The van der Waals surface area contributed by atoms with E-state index in [2.05, 4.69) is 15.1 Å². The van der Waals surface area contributed by atoms with Gasteiger partial charge in [0, 0.05) is 36.0 Å². The van der Waals surface area contributed by atoms with Gasteiger partial charge in [-0.3, -0.25) is 14.3 Å². The number of amides is 1. The first-order valence-corrected chi connectivity index (χ1v) is 12.3. The number of hydrogen-bond donors (Lipinski definition) is 2. The van der Waals surface area contributed by atoms with Crippen LogP contribution in [-0.4, -0.2) is 42.5 Å². The van der Waals surface area contributed by atoms with Crippen LogP contribution in [0.2, 0.25) is 0 Å². The zero-order chi connectivity index (χ0) is 23.2. The molecule has 8 nitrogen and oxygen atoms in total. The zero-order valence-corrected chi connectivity index (χ0v) is 19.5. The highest BCUT2D eigenvalue weighted by Crippen LogP contribution is 2.28. The summed E-state index contributed by atoms with van der Waals surface area (Å²) in [5.41, 5.74) is 3.19. The molecule has 0 atom stereocenters. The molecule has 2 aliphatic carbocycles. The summed E-state index contributed by atoms with van der Waals surface area (Å²) in [6.07, 6.45) is 5.50. The number of carbonyl (C=O) groups excluding carboxylic acids is 2. The van der Waals surface area contributed by atoms with Crippen molar-refractivity contribution in [2.24, 2.45) is 0 Å². The summed E-state index contributed by atoms with van der Waals surface area (Å²) < 4.78 is 30.2. The lowest BCUT2D eigenvalue weighted by Gasteiger charge is -2.16. The van der Waals surface area contributed by atoms with E-state index in [1.54, 1.807) is 16.9 Å². The maximum absolute atomic E-state index is 13.2. The highest BCUT2D eigenvalue weighted by molar-refractivity contribution is 7.89. The number of aromatic nitrogens is 2. The van der Waals surface area contributed by atoms with E-state index in [1.807, 2.05) is 33.8 Å². The van der Waals surface area contributed by atoms with E-state index in [-0.39, 0.29) is 34.9 Å². The molecule has 0 bridgehead atoms. The minimum atomic E-state index is -3.77. The summed E-state index contributed by atoms with van der Waals surface area (Å²) in [6, 6.07) is 2.89. The lowest BCUT2D eigenvalue weighted by Crippen LogP contribution is -2.30. The average molecular weight is 457 g/mol. The average Bonchev–Trinajstić information content (AvgIpc) is 3.39. The molecule has 1 fully saturated rings. The van der Waals surface area contributed by atoms with Crippen molar-refractivity contribution in [2.75, 3.05) is 6.54 Å². The smallest absolute Gasteiger partial charge is 0.252 e. The van der Waals surface area contributed by atoms with Gasteiger partial charge in [0.2, 0.25) is 10.0 Å². The van der Waals surface area contributed by atoms with Gasteiger partial charge in [0.05, 0.1) is 22.2 Å². The molecule has 0 aliphatic heterocycles. The summed E-state index contributed by atoms with van der Waals surface area (Å²) in [5, 5.41) is 7.74. The summed E-state index contributed by atoms with van der Waals surface area (Å²) in [4.78, 5) is 25.6. The van der Waals surface area contributed by atoms with Crippen molar-refractivity contribution in [1.82, 2.24) is 19.8 Å². The molecule has 0 spiro atoms. The molecule has 1 amide bonds. The minimum Gasteiger partial charge on any atom is -0.348 e. The zero-order valence-electron chi connectivity index (χ0n) is 18.7. The minimum absolute atomic E-state index is 0.00876. The van der Waals surface area contributed by atoms with Crippen LogP contribution in [0.5, 0.6) is 0 Å². The first kappa shape index (κ1) is 22.4. The topological polar surface area (TPSA) is 110 Å². The number of nitrogens with zero attached hydrogens (tertiary/aromatic N) is 2. The molecule has 1 aromatic heterocycles. The first-order valence-electron chi connectivity index (χ1n) is 10.8. The molecule has 0 unspecified atom stereocenters. The summed E-state index contributed by atoms with van der Waals surface area (Å²) in [5.74, 6) is -0.452. The molecule has 0 saturated heterocycles. The molecule has 0 radical (unpaired) electrons. The number of rotatable bonds is 7. The number of hydrogen-bond acceptors (Lipinski definition) is 5. The summed E-state index contributed by atoms with van der Waals surface area (Å²) in [6.45, 7) is 7.72. The van der Waals surface area contributed by atoms with E-state index in [0.717, 1.165) is 24.0 Å². The van der Waals surface area contributed by atoms with Gasteiger partial charge in [-0.15, -0.1) is 0 Å². The second-order valence-corrected chi connectivity index (χ2v) is 10.6. The fourth-order valence-corrected chi connectivity index (χ4v) is 5.30. The van der Waals surface area contributed by atoms with E-state index in [4.69, 9.17) is 0 Å². The third-order valence-corrected chi connectivity index (χ3v) is 7.27. The van der Waals surface area contributed by atoms with Crippen LogP contribution in [0.4, 0.5) is 0 Å². The van der Waals surface area contributed by atoms with Gasteiger partial charge in [0.15, 0.2) is 5.78 Å². The SMILES string of the molecule is CC1=CC(C)=C(CNC(=O)c2cc(S(=O)(=O)NC3CC3)cc3c2cnn3C(C)C)C(=O)C1. The standard InChI is InChI=1S/C23H28N4O4S/c1-13(2)27-21-10-17(32(30,31)26-16-5-6-16)9-18(20(21)12-25-27)23(29)24-11-19-15(4)7-14(3)8-22(19)28/h7,9-10,12-13,16,26H,5-6,8,11H2,1-4H3,(H,24,29). The molecular weight excluding hydrogens is 428 g/mol. The van der Waals surface area contributed by atoms with Crippen LogP contribution >= 0.6 is 0 Å². The number of ketones is 1. The third-order valence-electron chi connectivity index (χ3n) is 5.77. The molecule has 1 heterocycles. The van der Waals surface area contributed by atoms with Crippen molar-refractivity contribution in [1.29, 1.82) is 0 Å². The lowest BCUT2D eigenvalue weighted by atomic mass is 9.92. The largest absolute Gasteiger partial charge is 0.348 e. The van der Waals surface area contributed by atoms with Crippen molar-refractivity contribution >= 4 is 32.6 Å². The Morgan fingerprint density at radius 3 is 2.59 bits per heavy atom. The fraction of sp³-hybridized carbons (Fsp3) is 0.435. The highest BCUT2D eigenvalue weighted by Gasteiger charge is 2.30. The van der Waals surface area contributed by atoms with Crippen LogP contribution in [0.1, 0.15) is 63.4 Å². The maximum Gasteiger partial charge on any atom is 0.252 e. The third kappa shape index (κ3) is 4.40. The second kappa shape index (κ2) is 8.29. The quantitative estimate of drug-likeness (QED) is 0.665. The molecule has 2 aromatic rings. The van der Waals surface area contributed by atoms with Gasteiger partial charge < -0.3 is 5.32 Å². The number of nitrogens with one attached hydrogen (secondary N) is 2. The van der Waals surface area contributed by atoms with Gasteiger partial charge >= 0.3 is 0 Å². The molecule has 170 valence electrons. The number of carbonyl (C=O) groups is 2. The molecule has 2 aliphatic rings. The summed E-state index contributed by atoms with van der Waals surface area (Å²) in [7, 11) is -3.77. The monoisotopic (exact) mass is 456 g/mol. The number of allylic oxidation sites excluding steroid dienone is 3. The second-order valence-electron chi connectivity index (χ2n) is 8.92. The summed E-state index contributed by atoms with van der Waals surface area (Å²) >= 11 is 0. The van der Waals surface area contributed by atoms with Gasteiger partial charge in [0.25, 0.3) is 5.91 Å². The van der Waals surface area contributed by atoms with E-state index >= 15 is 0 Å². The van der Waals surface area contributed by atoms with Crippen molar-refractivity contribution in [3.05, 3.63) is 46.7 Å². The molecular formula is C23H28N4O4S. The highest BCUT2D eigenvalue weighted by atomic mass is 32.2. The Morgan fingerprint density at radius 2 is 1.97 bits per heavy atom. The van der Waals surface area contributed by atoms with E-state index in [1.165, 1.54) is 6.07 Å². The Bertz CT molecular complexity index is 1280. The Kier molecular flexibility index (Phi) is 5.81. The van der Waals surface area contributed by atoms with Gasteiger partial charge in [-0.2, -0.15) is 5.10 Å². The molecule has 2 N–H and O–H groups in total. The van der Waals surface area contributed by atoms with E-state index in [9.17, 15) is 18.0 Å². The predicted octanol–water partition coefficient (Wildman–Crippen LogP) is 3.02. The molecule has 1 aromatic carbocycles. The van der Waals surface area contributed by atoms with Gasteiger partial charge in [-0.25, -0.2) is 13.1 Å². The maximum atomic E-state index is 13.2. The van der Waals surface area contributed by atoms with Gasteiger partial charge in [-0.1, -0.05) is 11.6 Å². The van der Waals surface area contributed by atoms with Crippen molar-refractivity contribution in [2.45, 2.75) is 63.9 Å². The van der Waals surface area contributed by atoms with E-state index < -0.39 is 15.9 Å². The van der Waals surface area contributed by atoms with Crippen molar-refractivity contribution < 1.29 is 18.0 Å². The molecule has 9 heteroatoms. The number of benzene rings is 1. The Labute approximate surface area is 187 Å². The van der Waals surface area contributed by atoms with E-state index in [0.29, 0.717) is 22.9 Å². The van der Waals surface area contributed by atoms with Crippen molar-refractivity contribution in [3.63, 3.8) is 0 Å². The van der Waals surface area contributed by atoms with Crippen LogP contribution in [0.15, 0.2) is 46.0 Å². The molecule has 1 saturated carbocycles. The number of Topliss-reactive ketones (excluding diaryl/α,β-unsaturated/α-hetero) is 1. The van der Waals surface area contributed by atoms with Crippen LogP contribution in [0.3, 0.4) is 0 Å². The lowest BCUT2D eigenvalue weighted by molar-refractivity contribution is -0.115. The Hall–Kier alpha value is -2.78. The van der Waals surface area contributed by atoms with Gasteiger partial charge in [0.1, 0.15) is 0 Å². The van der Waals surface area contributed by atoms with Crippen LogP contribution in [0, 0.1) is 0 Å². The van der Waals surface area contributed by atoms with Crippen molar-refractivity contribution in [3.8, 4) is 0 Å². The van der Waals surface area contributed by atoms with Crippen LogP contribution < -0.4 is 10.0 Å².